The van der Waals surface area contributed by atoms with Crippen molar-refractivity contribution in [1.82, 2.24) is 9.71 Å². The molecule has 0 aliphatic carbocycles. The minimum atomic E-state index is -3.57. The first-order valence-electron chi connectivity index (χ1n) is 5.91. The van der Waals surface area contributed by atoms with Crippen LogP contribution < -0.4 is 4.72 Å². The van der Waals surface area contributed by atoms with Crippen molar-refractivity contribution in [2.75, 3.05) is 13.2 Å². The van der Waals surface area contributed by atoms with Crippen molar-refractivity contribution in [2.45, 2.75) is 37.8 Å². The Bertz CT molecular complexity index is 526. The highest BCUT2D eigenvalue weighted by molar-refractivity contribution is 7.91. The van der Waals surface area contributed by atoms with Gasteiger partial charge in [0.15, 0.2) is 8.68 Å². The minimum absolute atomic E-state index is 0.111. The molecule has 19 heavy (non-hydrogen) atoms. The zero-order valence-electron chi connectivity index (χ0n) is 11.2. The van der Waals surface area contributed by atoms with Gasteiger partial charge in [0.05, 0.1) is 5.69 Å². The lowest BCUT2D eigenvalue weighted by Crippen LogP contribution is -2.34. The number of aromatic nitrogens is 1. The van der Waals surface area contributed by atoms with E-state index in [9.17, 15) is 8.42 Å². The third-order valence-electron chi connectivity index (χ3n) is 2.72. The molecule has 1 heterocycles. The van der Waals surface area contributed by atoms with Gasteiger partial charge >= 0.3 is 0 Å². The maximum atomic E-state index is 12.1. The average Bonchev–Trinajstić information content (AvgIpc) is 2.65. The summed E-state index contributed by atoms with van der Waals surface area (Å²) in [6.45, 7) is 5.95. The Morgan fingerprint density at radius 3 is 2.58 bits per heavy atom. The van der Waals surface area contributed by atoms with Crippen molar-refractivity contribution < 1.29 is 13.5 Å². The Balaban J connectivity index is 2.73. The van der Waals surface area contributed by atoms with Crippen LogP contribution in [0.15, 0.2) is 4.21 Å². The summed E-state index contributed by atoms with van der Waals surface area (Å²) in [6, 6.07) is 0. The van der Waals surface area contributed by atoms with E-state index in [1.54, 1.807) is 6.92 Å². The van der Waals surface area contributed by atoms with Crippen molar-refractivity contribution in [3.63, 3.8) is 0 Å². The number of nitrogens with one attached hydrogen (secondary N) is 1. The molecule has 0 aliphatic rings. The molecule has 0 aromatic carbocycles. The van der Waals surface area contributed by atoms with Crippen LogP contribution in [0.1, 0.15) is 32.4 Å². The fourth-order valence-electron chi connectivity index (χ4n) is 1.60. The lowest BCUT2D eigenvalue weighted by molar-refractivity contribution is 0.242. The minimum Gasteiger partial charge on any atom is -0.396 e. The molecule has 8 heteroatoms. The van der Waals surface area contributed by atoms with E-state index in [4.69, 9.17) is 16.7 Å². The van der Waals surface area contributed by atoms with Gasteiger partial charge in [-0.2, -0.15) is 0 Å². The maximum absolute atomic E-state index is 12.1. The number of halogens is 1. The van der Waals surface area contributed by atoms with E-state index in [1.807, 2.05) is 13.8 Å². The summed E-state index contributed by atoms with van der Waals surface area (Å²) < 4.78 is 27.2. The largest absolute Gasteiger partial charge is 0.396 e. The summed E-state index contributed by atoms with van der Waals surface area (Å²) >= 11 is 6.67. The number of aliphatic hydroxyl groups is 1. The summed E-state index contributed by atoms with van der Waals surface area (Å²) in [4.78, 5) is 3.90. The van der Waals surface area contributed by atoms with Gasteiger partial charge in [0.1, 0.15) is 0 Å². The first-order chi connectivity index (χ1) is 8.68. The van der Waals surface area contributed by atoms with E-state index in [2.05, 4.69) is 9.71 Å². The van der Waals surface area contributed by atoms with Gasteiger partial charge < -0.3 is 5.11 Å². The molecule has 2 N–H and O–H groups in total. The van der Waals surface area contributed by atoms with Crippen LogP contribution in [0.4, 0.5) is 0 Å². The predicted octanol–water partition coefficient (Wildman–Crippen LogP) is 2.18. The molecule has 1 rings (SSSR count). The Morgan fingerprint density at radius 2 is 2.11 bits per heavy atom. The van der Waals surface area contributed by atoms with E-state index >= 15 is 0 Å². The number of sulfonamides is 1. The maximum Gasteiger partial charge on any atom is 0.252 e. The normalized spacial score (nSPS) is 12.9. The Hall–Kier alpha value is -0.210. The third kappa shape index (κ3) is 5.00. The summed E-state index contributed by atoms with van der Waals surface area (Å²) in [7, 11) is -3.57. The van der Waals surface area contributed by atoms with E-state index in [-0.39, 0.29) is 20.7 Å². The van der Waals surface area contributed by atoms with Gasteiger partial charge in [0, 0.05) is 13.2 Å². The van der Waals surface area contributed by atoms with Crippen molar-refractivity contribution in [1.29, 1.82) is 0 Å². The van der Waals surface area contributed by atoms with Gasteiger partial charge in [-0.25, -0.2) is 18.1 Å². The first kappa shape index (κ1) is 16.8. The molecule has 5 nitrogen and oxygen atoms in total. The number of aryl methyl sites for hydroxylation is 1. The average molecular weight is 327 g/mol. The van der Waals surface area contributed by atoms with Gasteiger partial charge in [-0.15, -0.1) is 0 Å². The van der Waals surface area contributed by atoms with Gasteiger partial charge in [0.25, 0.3) is 10.0 Å². The van der Waals surface area contributed by atoms with Crippen LogP contribution in [0.25, 0.3) is 0 Å². The van der Waals surface area contributed by atoms with Crippen LogP contribution in [-0.4, -0.2) is 31.7 Å². The van der Waals surface area contributed by atoms with Crippen LogP contribution in [0, 0.1) is 12.3 Å². The molecule has 0 radical (unpaired) electrons. The molecule has 1 aromatic rings. The topological polar surface area (TPSA) is 79.3 Å². The molecule has 110 valence electrons. The Kier molecular flexibility index (Phi) is 5.76. The van der Waals surface area contributed by atoms with E-state index < -0.39 is 10.0 Å². The molecule has 0 saturated carbocycles. The lowest BCUT2D eigenvalue weighted by Gasteiger charge is -2.24. The molecule has 0 bridgehead atoms. The Labute approximate surface area is 123 Å². The van der Waals surface area contributed by atoms with Crippen molar-refractivity contribution >= 4 is 33.0 Å². The molecular weight excluding hydrogens is 308 g/mol. The van der Waals surface area contributed by atoms with Crippen molar-refractivity contribution in [2.24, 2.45) is 5.41 Å². The smallest absolute Gasteiger partial charge is 0.252 e. The Morgan fingerprint density at radius 1 is 1.47 bits per heavy atom. The van der Waals surface area contributed by atoms with E-state index in [0.717, 1.165) is 17.8 Å². The summed E-state index contributed by atoms with van der Waals surface area (Å²) in [5.41, 5.74) is 0.203. The number of rotatable bonds is 7. The van der Waals surface area contributed by atoms with Crippen LogP contribution in [0.2, 0.25) is 4.47 Å². The van der Waals surface area contributed by atoms with Gasteiger partial charge in [0.2, 0.25) is 0 Å². The second-order valence-electron chi connectivity index (χ2n) is 5.16. The van der Waals surface area contributed by atoms with Gasteiger partial charge in [-0.3, -0.25) is 0 Å². The van der Waals surface area contributed by atoms with Crippen LogP contribution >= 0.6 is 22.9 Å². The fraction of sp³-hybridized carbons (Fsp3) is 0.727. The summed E-state index contributed by atoms with van der Waals surface area (Å²) in [5.74, 6) is 0. The number of hydrogen-bond donors (Lipinski definition) is 2. The van der Waals surface area contributed by atoms with E-state index in [1.165, 1.54) is 0 Å². The molecule has 0 aliphatic heterocycles. The monoisotopic (exact) mass is 326 g/mol. The van der Waals surface area contributed by atoms with Crippen LogP contribution in [0.3, 0.4) is 0 Å². The number of nitrogens with zero attached hydrogens (tertiary/aromatic N) is 1. The van der Waals surface area contributed by atoms with Crippen LogP contribution in [-0.2, 0) is 10.0 Å². The third-order valence-corrected chi connectivity index (χ3v) is 6.00. The molecule has 0 atom stereocenters. The number of aliphatic hydroxyl groups excluding tert-OH is 1. The first-order valence-corrected chi connectivity index (χ1v) is 8.59. The number of hydrogen-bond acceptors (Lipinski definition) is 5. The van der Waals surface area contributed by atoms with Gasteiger partial charge in [-0.05, 0) is 25.2 Å². The highest BCUT2D eigenvalue weighted by atomic mass is 35.5. The highest BCUT2D eigenvalue weighted by Gasteiger charge is 2.25. The standard InChI is InChI=1S/C11H19ClN2O3S2/c1-8-9(18-10(12)14-8)19(16,17)13-7-11(2,3)5-4-6-15/h13,15H,4-7H2,1-3H3. The molecule has 1 aromatic heterocycles. The second kappa shape index (κ2) is 6.49. The predicted molar refractivity (Wildman–Crippen MR) is 77.2 cm³/mol. The molecule has 0 amide bonds. The summed E-state index contributed by atoms with van der Waals surface area (Å²) in [6.07, 6.45) is 1.40. The zero-order chi connectivity index (χ0) is 14.7. The molecule has 0 saturated heterocycles. The molecule has 0 spiro atoms. The summed E-state index contributed by atoms with van der Waals surface area (Å²) in [5, 5.41) is 8.81. The van der Waals surface area contributed by atoms with Crippen molar-refractivity contribution in [3.8, 4) is 0 Å². The lowest BCUT2D eigenvalue weighted by atomic mass is 9.88. The van der Waals surface area contributed by atoms with E-state index in [0.29, 0.717) is 18.7 Å². The molecular formula is C11H19ClN2O3S2. The highest BCUT2D eigenvalue weighted by Crippen LogP contribution is 2.27. The molecule has 0 fully saturated rings. The SMILES string of the molecule is Cc1nc(Cl)sc1S(=O)(=O)NCC(C)(C)CCCO. The molecule has 0 unspecified atom stereocenters. The quantitative estimate of drug-likeness (QED) is 0.805. The fourth-order valence-corrected chi connectivity index (χ4v) is 4.63. The van der Waals surface area contributed by atoms with Crippen molar-refractivity contribution in [3.05, 3.63) is 10.2 Å². The van der Waals surface area contributed by atoms with Gasteiger partial charge in [-0.1, -0.05) is 36.8 Å². The van der Waals surface area contributed by atoms with Crippen LogP contribution in [0.5, 0.6) is 0 Å². The second-order valence-corrected chi connectivity index (χ2v) is 8.70. The number of thiazole rings is 1. The zero-order valence-corrected chi connectivity index (χ0v) is 13.6.